The summed E-state index contributed by atoms with van der Waals surface area (Å²) in [6.07, 6.45) is 6.65. The largest absolute Gasteiger partial charge is 0.372 e. The van der Waals surface area contributed by atoms with Crippen LogP contribution in [-0.2, 0) is 0 Å². The second kappa shape index (κ2) is 5.91. The highest BCUT2D eigenvalue weighted by Crippen LogP contribution is 2.31. The Balaban J connectivity index is 1.98. The fraction of sp³-hybridized carbons (Fsp3) is 0.562. The summed E-state index contributed by atoms with van der Waals surface area (Å²) in [5, 5.41) is 8.81. The van der Waals surface area contributed by atoms with Crippen LogP contribution >= 0.6 is 0 Å². The van der Waals surface area contributed by atoms with Crippen LogP contribution in [0.25, 0.3) is 0 Å². The normalized spacial score (nSPS) is 23.4. The highest BCUT2D eigenvalue weighted by molar-refractivity contribution is 5.49. The predicted octanol–water partition coefficient (Wildman–Crippen LogP) is 3.96. The van der Waals surface area contributed by atoms with Gasteiger partial charge in [0, 0.05) is 18.8 Å². The van der Waals surface area contributed by atoms with E-state index in [-0.39, 0.29) is 0 Å². The van der Waals surface area contributed by atoms with Crippen molar-refractivity contribution >= 4 is 5.69 Å². The van der Waals surface area contributed by atoms with Gasteiger partial charge in [0.1, 0.15) is 0 Å². The minimum Gasteiger partial charge on any atom is -0.372 e. The van der Waals surface area contributed by atoms with Crippen molar-refractivity contribution in [2.75, 3.05) is 11.9 Å². The third-order valence-electron chi connectivity index (χ3n) is 4.35. The van der Waals surface area contributed by atoms with E-state index in [1.54, 1.807) is 0 Å². The number of hydrogen-bond acceptors (Lipinski definition) is 2. The van der Waals surface area contributed by atoms with Crippen molar-refractivity contribution in [1.29, 1.82) is 5.26 Å². The minimum absolute atomic E-state index is 0.667. The molecule has 18 heavy (non-hydrogen) atoms. The van der Waals surface area contributed by atoms with E-state index < -0.39 is 0 Å². The van der Waals surface area contributed by atoms with E-state index >= 15 is 0 Å². The minimum atomic E-state index is 0.667. The SMILES string of the molecule is CCC1CCC(N(C)c2ccc(C#N)cc2)CC1. The van der Waals surface area contributed by atoms with Crippen molar-refractivity contribution in [3.63, 3.8) is 0 Å². The molecule has 0 heterocycles. The molecule has 2 heteroatoms. The van der Waals surface area contributed by atoms with Crippen LogP contribution in [0.4, 0.5) is 5.69 Å². The van der Waals surface area contributed by atoms with E-state index in [1.165, 1.54) is 37.8 Å². The molecule has 96 valence electrons. The first kappa shape index (κ1) is 13.0. The van der Waals surface area contributed by atoms with Crippen LogP contribution < -0.4 is 4.90 Å². The van der Waals surface area contributed by atoms with Gasteiger partial charge in [-0.05, 0) is 55.9 Å². The molecule has 0 atom stereocenters. The smallest absolute Gasteiger partial charge is 0.0991 e. The number of nitriles is 1. The molecule has 0 radical (unpaired) electrons. The summed E-state index contributed by atoms with van der Waals surface area (Å²) in [6, 6.07) is 10.8. The van der Waals surface area contributed by atoms with Gasteiger partial charge in [0.2, 0.25) is 0 Å². The van der Waals surface area contributed by atoms with Gasteiger partial charge in [-0.2, -0.15) is 5.26 Å². The summed E-state index contributed by atoms with van der Waals surface area (Å²) in [5.74, 6) is 0.940. The van der Waals surface area contributed by atoms with Crippen LogP contribution in [0.15, 0.2) is 24.3 Å². The predicted molar refractivity (Wildman–Crippen MR) is 75.6 cm³/mol. The molecule has 1 aromatic carbocycles. The Labute approximate surface area is 110 Å². The molecular weight excluding hydrogens is 220 g/mol. The van der Waals surface area contributed by atoms with Crippen LogP contribution in [0.1, 0.15) is 44.6 Å². The second-order valence-corrected chi connectivity index (χ2v) is 5.35. The van der Waals surface area contributed by atoms with Crippen LogP contribution in [0, 0.1) is 17.2 Å². The molecule has 0 unspecified atom stereocenters. The van der Waals surface area contributed by atoms with Gasteiger partial charge in [-0.3, -0.25) is 0 Å². The van der Waals surface area contributed by atoms with E-state index in [1.807, 2.05) is 12.1 Å². The molecule has 1 aromatic rings. The number of benzene rings is 1. The molecule has 0 spiro atoms. The Morgan fingerprint density at radius 1 is 1.17 bits per heavy atom. The Morgan fingerprint density at radius 3 is 2.28 bits per heavy atom. The van der Waals surface area contributed by atoms with Crippen LogP contribution in [-0.4, -0.2) is 13.1 Å². The molecule has 1 aliphatic rings. The maximum absolute atomic E-state index is 8.81. The van der Waals surface area contributed by atoms with Gasteiger partial charge >= 0.3 is 0 Å². The molecule has 2 nitrogen and oxygen atoms in total. The van der Waals surface area contributed by atoms with Crippen LogP contribution in [0.2, 0.25) is 0 Å². The molecule has 0 amide bonds. The molecule has 2 rings (SSSR count). The molecule has 0 aromatic heterocycles. The van der Waals surface area contributed by atoms with Crippen molar-refractivity contribution < 1.29 is 0 Å². The fourth-order valence-corrected chi connectivity index (χ4v) is 2.92. The molecule has 0 bridgehead atoms. The lowest BCUT2D eigenvalue weighted by molar-refractivity contribution is 0.313. The van der Waals surface area contributed by atoms with E-state index in [0.29, 0.717) is 6.04 Å². The Bertz CT molecular complexity index is 408. The van der Waals surface area contributed by atoms with Crippen LogP contribution in [0.3, 0.4) is 0 Å². The third-order valence-corrected chi connectivity index (χ3v) is 4.35. The number of rotatable bonds is 3. The summed E-state index contributed by atoms with van der Waals surface area (Å²) < 4.78 is 0. The van der Waals surface area contributed by atoms with Gasteiger partial charge in [-0.25, -0.2) is 0 Å². The monoisotopic (exact) mass is 242 g/mol. The highest BCUT2D eigenvalue weighted by Gasteiger charge is 2.23. The molecule has 1 aliphatic carbocycles. The third kappa shape index (κ3) is 2.85. The maximum Gasteiger partial charge on any atom is 0.0991 e. The molecule has 0 saturated heterocycles. The summed E-state index contributed by atoms with van der Waals surface area (Å²) in [7, 11) is 2.18. The molecule has 0 aliphatic heterocycles. The molecular formula is C16H22N2. The summed E-state index contributed by atoms with van der Waals surface area (Å²) in [4.78, 5) is 2.38. The van der Waals surface area contributed by atoms with E-state index in [2.05, 4.69) is 37.1 Å². The first-order chi connectivity index (χ1) is 8.74. The van der Waals surface area contributed by atoms with Gasteiger partial charge in [0.05, 0.1) is 11.6 Å². The lowest BCUT2D eigenvalue weighted by Crippen LogP contribution is -2.35. The molecule has 1 fully saturated rings. The second-order valence-electron chi connectivity index (χ2n) is 5.35. The van der Waals surface area contributed by atoms with Gasteiger partial charge in [0.15, 0.2) is 0 Å². The van der Waals surface area contributed by atoms with E-state index in [9.17, 15) is 0 Å². The number of hydrogen-bond donors (Lipinski definition) is 0. The zero-order valence-electron chi connectivity index (χ0n) is 11.4. The summed E-state index contributed by atoms with van der Waals surface area (Å²) in [6.45, 7) is 2.30. The topological polar surface area (TPSA) is 27.0 Å². The Kier molecular flexibility index (Phi) is 4.25. The first-order valence-corrected chi connectivity index (χ1v) is 6.97. The zero-order chi connectivity index (χ0) is 13.0. The van der Waals surface area contributed by atoms with Crippen molar-refractivity contribution in [1.82, 2.24) is 0 Å². The van der Waals surface area contributed by atoms with E-state index in [0.717, 1.165) is 11.5 Å². The van der Waals surface area contributed by atoms with Crippen molar-refractivity contribution in [3.05, 3.63) is 29.8 Å². The Hall–Kier alpha value is -1.49. The van der Waals surface area contributed by atoms with Gasteiger partial charge in [0.25, 0.3) is 0 Å². The lowest BCUT2D eigenvalue weighted by Gasteiger charge is -2.35. The summed E-state index contributed by atoms with van der Waals surface area (Å²) >= 11 is 0. The quantitative estimate of drug-likeness (QED) is 0.802. The summed E-state index contributed by atoms with van der Waals surface area (Å²) in [5.41, 5.74) is 1.97. The van der Waals surface area contributed by atoms with Crippen LogP contribution in [0.5, 0.6) is 0 Å². The lowest BCUT2D eigenvalue weighted by atomic mass is 9.84. The first-order valence-electron chi connectivity index (χ1n) is 6.97. The average molecular weight is 242 g/mol. The number of anilines is 1. The van der Waals surface area contributed by atoms with Crippen molar-refractivity contribution in [3.8, 4) is 6.07 Å². The van der Waals surface area contributed by atoms with Gasteiger partial charge in [-0.15, -0.1) is 0 Å². The number of nitrogens with zero attached hydrogens (tertiary/aromatic N) is 2. The Morgan fingerprint density at radius 2 is 1.78 bits per heavy atom. The standard InChI is InChI=1S/C16H22N2/c1-3-13-4-8-15(9-5-13)18(2)16-10-6-14(12-17)7-11-16/h6-7,10-11,13,15H,3-5,8-9H2,1-2H3. The zero-order valence-corrected chi connectivity index (χ0v) is 11.4. The van der Waals surface area contributed by atoms with Crippen molar-refractivity contribution in [2.24, 2.45) is 5.92 Å². The van der Waals surface area contributed by atoms with Gasteiger partial charge < -0.3 is 4.90 Å². The molecule has 1 saturated carbocycles. The van der Waals surface area contributed by atoms with E-state index in [4.69, 9.17) is 5.26 Å². The highest BCUT2D eigenvalue weighted by atomic mass is 15.1. The average Bonchev–Trinajstić information content (AvgIpc) is 2.47. The van der Waals surface area contributed by atoms with Crippen molar-refractivity contribution in [2.45, 2.75) is 45.1 Å². The molecule has 0 N–H and O–H groups in total. The fourth-order valence-electron chi connectivity index (χ4n) is 2.92. The van der Waals surface area contributed by atoms with Gasteiger partial charge in [-0.1, -0.05) is 13.3 Å². The maximum atomic E-state index is 8.81.